The summed E-state index contributed by atoms with van der Waals surface area (Å²) in [5.41, 5.74) is 0.672. The molecule has 1 amide bonds. The van der Waals surface area contributed by atoms with Crippen LogP contribution in [0.25, 0.3) is 0 Å². The van der Waals surface area contributed by atoms with E-state index >= 15 is 0 Å². The Labute approximate surface area is 168 Å². The topological polar surface area (TPSA) is 66.0 Å². The average Bonchev–Trinajstić information content (AvgIpc) is 2.51. The molecule has 1 aromatic carbocycles. The van der Waals surface area contributed by atoms with Gasteiger partial charge in [0.15, 0.2) is 5.96 Å². The molecule has 0 saturated carbocycles. The van der Waals surface area contributed by atoms with E-state index in [1.165, 1.54) is 0 Å². The molecule has 25 heavy (non-hydrogen) atoms. The third-order valence-electron chi connectivity index (χ3n) is 3.05. The molecule has 1 rings (SSSR count). The Morgan fingerprint density at radius 2 is 1.84 bits per heavy atom. The number of carbonyl (C=O) groups excluding carboxylic acids is 1. The van der Waals surface area contributed by atoms with Crippen molar-refractivity contribution >= 4 is 36.0 Å². The van der Waals surface area contributed by atoms with Crippen molar-refractivity contribution in [1.82, 2.24) is 15.5 Å². The lowest BCUT2D eigenvalue weighted by atomic mass is 10.2. The van der Waals surface area contributed by atoms with Gasteiger partial charge in [0.25, 0.3) is 0 Å². The molecule has 6 nitrogen and oxygen atoms in total. The quantitative estimate of drug-likeness (QED) is 0.387. The summed E-state index contributed by atoms with van der Waals surface area (Å²) in [6, 6.07) is 10.1. The van der Waals surface area contributed by atoms with Gasteiger partial charge in [0.2, 0.25) is 0 Å². The first-order valence-corrected chi connectivity index (χ1v) is 8.32. The van der Waals surface area contributed by atoms with Crippen molar-refractivity contribution in [1.29, 1.82) is 0 Å². The van der Waals surface area contributed by atoms with Gasteiger partial charge < -0.3 is 20.3 Å². The summed E-state index contributed by atoms with van der Waals surface area (Å²) in [5, 5.41) is 6.43. The number of rotatable bonds is 6. The summed E-state index contributed by atoms with van der Waals surface area (Å²) in [4.78, 5) is 18.0. The summed E-state index contributed by atoms with van der Waals surface area (Å²) in [6.45, 7) is 10.1. The molecule has 0 spiro atoms. The number of halogens is 1. The van der Waals surface area contributed by atoms with Crippen molar-refractivity contribution in [3.8, 4) is 0 Å². The van der Waals surface area contributed by atoms with Gasteiger partial charge in [0.05, 0.1) is 6.54 Å². The molecule has 0 aliphatic carbocycles. The maximum absolute atomic E-state index is 11.9. The Kier molecular flexibility index (Phi) is 11.2. The Bertz CT molecular complexity index is 530. The van der Waals surface area contributed by atoms with Crippen LogP contribution < -0.4 is 10.6 Å². The Morgan fingerprint density at radius 3 is 2.40 bits per heavy atom. The number of nitrogens with one attached hydrogen (secondary N) is 2. The highest BCUT2D eigenvalue weighted by Crippen LogP contribution is 2.08. The number of ether oxygens (including phenoxy) is 1. The lowest BCUT2D eigenvalue weighted by Crippen LogP contribution is -2.43. The molecule has 0 bridgehead atoms. The molecule has 7 heteroatoms. The van der Waals surface area contributed by atoms with E-state index in [4.69, 9.17) is 4.74 Å². The van der Waals surface area contributed by atoms with Crippen LogP contribution in [-0.2, 0) is 11.3 Å². The minimum absolute atomic E-state index is 0. The van der Waals surface area contributed by atoms with Crippen LogP contribution in [0.5, 0.6) is 0 Å². The van der Waals surface area contributed by atoms with Crippen molar-refractivity contribution in [3.63, 3.8) is 0 Å². The maximum atomic E-state index is 11.9. The van der Waals surface area contributed by atoms with E-state index < -0.39 is 5.60 Å². The molecule has 0 unspecified atom stereocenters. The highest BCUT2D eigenvalue weighted by atomic mass is 127. The van der Waals surface area contributed by atoms with Gasteiger partial charge in [-0.15, -0.1) is 24.0 Å². The second kappa shape index (κ2) is 11.9. The van der Waals surface area contributed by atoms with E-state index in [0.29, 0.717) is 19.6 Å². The van der Waals surface area contributed by atoms with Crippen LogP contribution in [0.1, 0.15) is 33.3 Å². The van der Waals surface area contributed by atoms with Gasteiger partial charge in [-0.2, -0.15) is 0 Å². The normalized spacial score (nSPS) is 11.3. The van der Waals surface area contributed by atoms with Crippen LogP contribution in [0.3, 0.4) is 0 Å². The van der Waals surface area contributed by atoms with Gasteiger partial charge in [-0.3, -0.25) is 0 Å². The van der Waals surface area contributed by atoms with Crippen molar-refractivity contribution < 1.29 is 9.53 Å². The molecule has 0 aliphatic rings. The maximum Gasteiger partial charge on any atom is 0.410 e. The third kappa shape index (κ3) is 10.9. The van der Waals surface area contributed by atoms with E-state index in [9.17, 15) is 4.79 Å². The molecule has 142 valence electrons. The first-order chi connectivity index (χ1) is 11.3. The van der Waals surface area contributed by atoms with Gasteiger partial charge in [0, 0.05) is 26.7 Å². The Hall–Kier alpha value is -1.51. The molecule has 0 heterocycles. The fourth-order valence-corrected chi connectivity index (χ4v) is 1.87. The minimum Gasteiger partial charge on any atom is -0.444 e. The predicted octanol–water partition coefficient (Wildman–Crippen LogP) is 3.23. The van der Waals surface area contributed by atoms with Crippen LogP contribution >= 0.6 is 24.0 Å². The molecule has 0 aliphatic heterocycles. The minimum atomic E-state index is -0.481. The zero-order valence-corrected chi connectivity index (χ0v) is 18.2. The van der Waals surface area contributed by atoms with Gasteiger partial charge in [0.1, 0.15) is 5.60 Å². The van der Waals surface area contributed by atoms with E-state index in [-0.39, 0.29) is 30.1 Å². The standard InChI is InChI=1S/C18H30N4O2.HI/c1-6-19-16(21-14-15-10-8-7-9-11-15)20-12-13-22(5)17(23)24-18(2,3)4;/h7-11H,6,12-14H2,1-5H3,(H2,19,20,21);1H. The summed E-state index contributed by atoms with van der Waals surface area (Å²) >= 11 is 0. The number of nitrogens with zero attached hydrogens (tertiary/aromatic N) is 2. The van der Waals surface area contributed by atoms with E-state index in [0.717, 1.165) is 18.1 Å². The fourth-order valence-electron chi connectivity index (χ4n) is 1.87. The van der Waals surface area contributed by atoms with Crippen LogP contribution in [0.15, 0.2) is 35.3 Å². The Morgan fingerprint density at radius 1 is 1.20 bits per heavy atom. The number of hydrogen-bond donors (Lipinski definition) is 2. The van der Waals surface area contributed by atoms with Crippen molar-refractivity contribution in [2.24, 2.45) is 4.99 Å². The van der Waals surface area contributed by atoms with Crippen LogP contribution in [0, 0.1) is 0 Å². The molecule has 1 aromatic rings. The predicted molar refractivity (Wildman–Crippen MR) is 114 cm³/mol. The summed E-state index contributed by atoms with van der Waals surface area (Å²) in [5.74, 6) is 0.735. The number of hydrogen-bond acceptors (Lipinski definition) is 3. The molecule has 2 N–H and O–H groups in total. The first-order valence-electron chi connectivity index (χ1n) is 8.32. The third-order valence-corrected chi connectivity index (χ3v) is 3.05. The summed E-state index contributed by atoms with van der Waals surface area (Å²) in [6.07, 6.45) is -0.324. The highest BCUT2D eigenvalue weighted by molar-refractivity contribution is 14.0. The van der Waals surface area contributed by atoms with Crippen molar-refractivity contribution in [2.45, 2.75) is 39.8 Å². The molecular weight excluding hydrogens is 431 g/mol. The number of likely N-dealkylation sites (N-methyl/N-ethyl adjacent to an activating group) is 1. The lowest BCUT2D eigenvalue weighted by Gasteiger charge is -2.24. The van der Waals surface area contributed by atoms with Crippen molar-refractivity contribution in [2.75, 3.05) is 26.7 Å². The van der Waals surface area contributed by atoms with E-state index in [1.54, 1.807) is 11.9 Å². The zero-order chi connectivity index (χ0) is 18.0. The first kappa shape index (κ1) is 23.5. The number of benzene rings is 1. The van der Waals surface area contributed by atoms with E-state index in [2.05, 4.69) is 15.6 Å². The van der Waals surface area contributed by atoms with Gasteiger partial charge in [-0.25, -0.2) is 9.79 Å². The van der Waals surface area contributed by atoms with Gasteiger partial charge >= 0.3 is 6.09 Å². The van der Waals surface area contributed by atoms with Gasteiger partial charge in [-0.1, -0.05) is 30.3 Å². The molecule has 0 radical (unpaired) electrons. The molecule has 0 fully saturated rings. The smallest absolute Gasteiger partial charge is 0.410 e. The molecule has 0 atom stereocenters. The molecular formula is C18H31IN4O2. The SMILES string of the molecule is CCNC(=NCc1ccccc1)NCCN(C)C(=O)OC(C)(C)C.I. The number of carbonyl (C=O) groups is 1. The van der Waals surface area contributed by atoms with Crippen LogP contribution in [-0.4, -0.2) is 49.2 Å². The lowest BCUT2D eigenvalue weighted by molar-refractivity contribution is 0.0302. The fraction of sp³-hybridized carbons (Fsp3) is 0.556. The number of amides is 1. The average molecular weight is 462 g/mol. The second-order valence-electron chi connectivity index (χ2n) is 6.51. The van der Waals surface area contributed by atoms with Gasteiger partial charge in [-0.05, 0) is 33.3 Å². The number of guanidine groups is 1. The largest absolute Gasteiger partial charge is 0.444 e. The molecule has 0 aromatic heterocycles. The summed E-state index contributed by atoms with van der Waals surface area (Å²) < 4.78 is 5.32. The monoisotopic (exact) mass is 462 g/mol. The Balaban J connectivity index is 0.00000576. The molecule has 0 saturated heterocycles. The highest BCUT2D eigenvalue weighted by Gasteiger charge is 2.19. The van der Waals surface area contributed by atoms with E-state index in [1.807, 2.05) is 58.0 Å². The van der Waals surface area contributed by atoms with Crippen molar-refractivity contribution in [3.05, 3.63) is 35.9 Å². The summed E-state index contributed by atoms with van der Waals surface area (Å²) in [7, 11) is 1.73. The van der Waals surface area contributed by atoms with Crippen LogP contribution in [0.2, 0.25) is 0 Å². The zero-order valence-electron chi connectivity index (χ0n) is 15.8. The number of aliphatic imine (C=N–C) groups is 1. The van der Waals surface area contributed by atoms with Crippen LogP contribution in [0.4, 0.5) is 4.79 Å². The second-order valence-corrected chi connectivity index (χ2v) is 6.51.